The number of benzene rings is 1. The first-order valence-corrected chi connectivity index (χ1v) is 5.78. The maximum absolute atomic E-state index is 13.6. The largest absolute Gasteiger partial charge is 0.296 e. The number of hydrogen-bond acceptors (Lipinski definition) is 2. The van der Waals surface area contributed by atoms with E-state index < -0.39 is 0 Å². The van der Waals surface area contributed by atoms with E-state index in [0.29, 0.717) is 12.0 Å². The van der Waals surface area contributed by atoms with Crippen LogP contribution < -0.4 is 5.32 Å². The summed E-state index contributed by atoms with van der Waals surface area (Å²) in [6.45, 7) is 0. The highest BCUT2D eigenvalue weighted by Gasteiger charge is 2.40. The maximum Gasteiger partial charge on any atom is 0.230 e. The Labute approximate surface area is 98.0 Å². The van der Waals surface area contributed by atoms with Crippen LogP contribution in [-0.4, -0.2) is 11.8 Å². The predicted octanol–water partition coefficient (Wildman–Crippen LogP) is 1.52. The van der Waals surface area contributed by atoms with Crippen LogP contribution in [0.4, 0.5) is 4.39 Å². The van der Waals surface area contributed by atoms with Crippen LogP contribution in [0.2, 0.25) is 0 Å². The Hall–Kier alpha value is -1.71. The number of halogens is 1. The zero-order chi connectivity index (χ0) is 12.0. The molecule has 1 aromatic rings. The van der Waals surface area contributed by atoms with E-state index in [-0.39, 0.29) is 35.9 Å². The lowest BCUT2D eigenvalue weighted by atomic mass is 9.86. The number of rotatable bonds is 1. The molecule has 2 unspecified atom stereocenters. The maximum atomic E-state index is 13.6. The molecule has 1 aliphatic carbocycles. The van der Waals surface area contributed by atoms with E-state index in [0.717, 1.165) is 12.0 Å². The molecule has 2 amide bonds. The van der Waals surface area contributed by atoms with Crippen molar-refractivity contribution in [2.75, 3.05) is 0 Å². The van der Waals surface area contributed by atoms with Crippen molar-refractivity contribution in [2.24, 2.45) is 5.92 Å². The number of carbonyl (C=O) groups excluding carboxylic acids is 2. The van der Waals surface area contributed by atoms with Gasteiger partial charge >= 0.3 is 0 Å². The lowest BCUT2D eigenvalue weighted by Crippen LogP contribution is -2.24. The Balaban J connectivity index is 1.96. The van der Waals surface area contributed by atoms with Gasteiger partial charge < -0.3 is 0 Å². The molecule has 1 aliphatic heterocycles. The molecule has 0 aromatic heterocycles. The molecule has 88 valence electrons. The fraction of sp³-hybridized carbons (Fsp3) is 0.385. The monoisotopic (exact) mass is 233 g/mol. The molecule has 1 fully saturated rings. The van der Waals surface area contributed by atoms with Gasteiger partial charge in [-0.25, -0.2) is 4.39 Å². The van der Waals surface area contributed by atoms with Crippen LogP contribution >= 0.6 is 0 Å². The molecule has 17 heavy (non-hydrogen) atoms. The van der Waals surface area contributed by atoms with Crippen molar-refractivity contribution in [1.82, 2.24) is 5.32 Å². The topological polar surface area (TPSA) is 46.2 Å². The van der Waals surface area contributed by atoms with E-state index in [1.807, 2.05) is 6.07 Å². The van der Waals surface area contributed by atoms with E-state index in [2.05, 4.69) is 5.32 Å². The molecule has 1 heterocycles. The summed E-state index contributed by atoms with van der Waals surface area (Å²) >= 11 is 0. The van der Waals surface area contributed by atoms with E-state index in [4.69, 9.17) is 0 Å². The fourth-order valence-corrected chi connectivity index (χ4v) is 2.96. The average molecular weight is 233 g/mol. The minimum absolute atomic E-state index is 0.00727. The van der Waals surface area contributed by atoms with Crippen molar-refractivity contribution in [1.29, 1.82) is 0 Å². The zero-order valence-electron chi connectivity index (χ0n) is 9.20. The van der Waals surface area contributed by atoms with Gasteiger partial charge in [-0.2, -0.15) is 0 Å². The Kier molecular flexibility index (Phi) is 2.24. The van der Waals surface area contributed by atoms with Crippen molar-refractivity contribution in [3.63, 3.8) is 0 Å². The van der Waals surface area contributed by atoms with E-state index in [9.17, 15) is 14.0 Å². The highest BCUT2D eigenvalue weighted by molar-refractivity contribution is 6.04. The number of carbonyl (C=O) groups is 2. The number of fused-ring (bicyclic) bond motifs is 1. The molecule has 0 radical (unpaired) electrons. The van der Waals surface area contributed by atoms with Crippen LogP contribution in [0.15, 0.2) is 18.2 Å². The Bertz CT molecular complexity index is 512. The number of hydrogen-bond donors (Lipinski definition) is 1. The van der Waals surface area contributed by atoms with Crippen LogP contribution in [0, 0.1) is 11.7 Å². The van der Waals surface area contributed by atoms with Gasteiger partial charge in [0.05, 0.1) is 5.92 Å². The summed E-state index contributed by atoms with van der Waals surface area (Å²) in [4.78, 5) is 22.8. The first kappa shape index (κ1) is 10.4. The molecule has 0 spiro atoms. The molecule has 1 N–H and O–H groups in total. The summed E-state index contributed by atoms with van der Waals surface area (Å²) in [6.07, 6.45) is 1.64. The second-order valence-corrected chi connectivity index (χ2v) is 4.68. The van der Waals surface area contributed by atoms with Gasteiger partial charge in [-0.3, -0.25) is 14.9 Å². The molecule has 1 saturated heterocycles. The van der Waals surface area contributed by atoms with Gasteiger partial charge in [-0.05, 0) is 36.0 Å². The standard InChI is InChI=1S/C13H12FNO2/c14-11-3-1-2-7-8(4-5-9(7)11)10-6-12(16)15-13(10)17/h1-3,8,10H,4-6H2,(H,15,16,17). The van der Waals surface area contributed by atoms with Crippen LogP contribution in [-0.2, 0) is 16.0 Å². The van der Waals surface area contributed by atoms with Gasteiger partial charge in [0, 0.05) is 6.42 Å². The first-order valence-electron chi connectivity index (χ1n) is 5.78. The third kappa shape index (κ3) is 1.55. The van der Waals surface area contributed by atoms with E-state index in [1.165, 1.54) is 6.07 Å². The van der Waals surface area contributed by atoms with Crippen LogP contribution in [0.25, 0.3) is 0 Å². The van der Waals surface area contributed by atoms with Gasteiger partial charge in [0.25, 0.3) is 0 Å². The Morgan fingerprint density at radius 1 is 1.24 bits per heavy atom. The fourth-order valence-electron chi connectivity index (χ4n) is 2.96. The minimum Gasteiger partial charge on any atom is -0.296 e. The molecule has 0 saturated carbocycles. The molecule has 4 heteroatoms. The highest BCUT2D eigenvalue weighted by atomic mass is 19.1. The van der Waals surface area contributed by atoms with Gasteiger partial charge in [0.15, 0.2) is 0 Å². The molecular formula is C13H12FNO2. The Morgan fingerprint density at radius 3 is 2.76 bits per heavy atom. The molecule has 0 bridgehead atoms. The first-order chi connectivity index (χ1) is 8.16. The number of nitrogens with one attached hydrogen (secondary N) is 1. The molecular weight excluding hydrogens is 221 g/mol. The summed E-state index contributed by atoms with van der Waals surface area (Å²) < 4.78 is 13.6. The molecule has 3 rings (SSSR count). The van der Waals surface area contributed by atoms with Crippen molar-refractivity contribution >= 4 is 11.8 Å². The van der Waals surface area contributed by atoms with Crippen LogP contribution in [0.5, 0.6) is 0 Å². The normalized spacial score (nSPS) is 27.1. The number of imide groups is 1. The smallest absolute Gasteiger partial charge is 0.230 e. The lowest BCUT2D eigenvalue weighted by molar-refractivity contribution is -0.126. The summed E-state index contributed by atoms with van der Waals surface area (Å²) in [5, 5.41) is 2.32. The Morgan fingerprint density at radius 2 is 2.06 bits per heavy atom. The molecule has 3 nitrogen and oxygen atoms in total. The molecule has 2 aliphatic rings. The SMILES string of the molecule is O=C1CC(C2CCc3c(F)cccc32)C(=O)N1. The van der Waals surface area contributed by atoms with Crippen LogP contribution in [0.1, 0.15) is 29.9 Å². The van der Waals surface area contributed by atoms with Gasteiger partial charge in [0.2, 0.25) is 11.8 Å². The summed E-state index contributed by atoms with van der Waals surface area (Å²) in [5.74, 6) is -0.950. The second kappa shape index (κ2) is 3.65. The molecule has 1 aromatic carbocycles. The highest BCUT2D eigenvalue weighted by Crippen LogP contribution is 2.41. The van der Waals surface area contributed by atoms with Crippen molar-refractivity contribution in [2.45, 2.75) is 25.2 Å². The summed E-state index contributed by atoms with van der Waals surface area (Å²) in [5.41, 5.74) is 1.62. The van der Waals surface area contributed by atoms with Crippen molar-refractivity contribution in [3.05, 3.63) is 35.1 Å². The van der Waals surface area contributed by atoms with Gasteiger partial charge in [0.1, 0.15) is 5.82 Å². The molecule has 2 atom stereocenters. The third-order valence-corrected chi connectivity index (χ3v) is 3.75. The quantitative estimate of drug-likeness (QED) is 0.747. The van der Waals surface area contributed by atoms with Crippen molar-refractivity contribution < 1.29 is 14.0 Å². The second-order valence-electron chi connectivity index (χ2n) is 4.68. The van der Waals surface area contributed by atoms with Gasteiger partial charge in [-0.15, -0.1) is 0 Å². The van der Waals surface area contributed by atoms with E-state index >= 15 is 0 Å². The third-order valence-electron chi connectivity index (χ3n) is 3.75. The lowest BCUT2D eigenvalue weighted by Gasteiger charge is -2.16. The zero-order valence-corrected chi connectivity index (χ0v) is 9.20. The van der Waals surface area contributed by atoms with E-state index in [1.54, 1.807) is 6.07 Å². The van der Waals surface area contributed by atoms with Gasteiger partial charge in [-0.1, -0.05) is 12.1 Å². The summed E-state index contributed by atoms with van der Waals surface area (Å²) in [6, 6.07) is 4.98. The van der Waals surface area contributed by atoms with Crippen LogP contribution in [0.3, 0.4) is 0 Å². The summed E-state index contributed by atoms with van der Waals surface area (Å²) in [7, 11) is 0. The van der Waals surface area contributed by atoms with Crippen molar-refractivity contribution in [3.8, 4) is 0 Å². The minimum atomic E-state index is -0.314. The predicted molar refractivity (Wildman–Crippen MR) is 58.7 cm³/mol. The average Bonchev–Trinajstić information content (AvgIpc) is 2.83. The number of amides is 2.